The predicted molar refractivity (Wildman–Crippen MR) is 90.2 cm³/mol. The molecule has 0 amide bonds. The zero-order valence-electron chi connectivity index (χ0n) is 14.0. The van der Waals surface area contributed by atoms with E-state index >= 15 is 0 Å². The number of benzene rings is 1. The first-order valence-electron chi connectivity index (χ1n) is 7.71. The van der Waals surface area contributed by atoms with Gasteiger partial charge in [-0.25, -0.2) is 18.2 Å². The quantitative estimate of drug-likeness (QED) is 0.617. The Morgan fingerprint density at radius 1 is 1.04 bits per heavy atom. The van der Waals surface area contributed by atoms with Crippen molar-refractivity contribution in [2.75, 3.05) is 7.11 Å². The Hall–Kier alpha value is -3.09. The fourth-order valence-electron chi connectivity index (χ4n) is 2.52. The molecule has 0 aliphatic heterocycles. The average Bonchev–Trinajstić information content (AvgIpc) is 2.62. The van der Waals surface area contributed by atoms with Gasteiger partial charge in [-0.15, -0.1) is 0 Å². The third kappa shape index (κ3) is 3.61. The van der Waals surface area contributed by atoms with Crippen LogP contribution in [0.2, 0.25) is 0 Å². The molecule has 4 nitrogen and oxygen atoms in total. The molecule has 7 heteroatoms. The van der Waals surface area contributed by atoms with Crippen molar-refractivity contribution < 1.29 is 22.6 Å². The Balaban J connectivity index is 2.00. The van der Waals surface area contributed by atoms with Gasteiger partial charge in [-0.3, -0.25) is 4.98 Å². The third-order valence-corrected chi connectivity index (χ3v) is 3.74. The van der Waals surface area contributed by atoms with Crippen LogP contribution in [0.25, 0.3) is 11.1 Å². The number of alkyl halides is 2. The van der Waals surface area contributed by atoms with Gasteiger partial charge >= 0.3 is 0 Å². The zero-order valence-corrected chi connectivity index (χ0v) is 14.0. The number of ether oxygens (including phenoxy) is 2. The van der Waals surface area contributed by atoms with Crippen molar-refractivity contribution in [1.29, 1.82) is 0 Å². The van der Waals surface area contributed by atoms with E-state index in [1.165, 1.54) is 44.6 Å². The van der Waals surface area contributed by atoms with Gasteiger partial charge < -0.3 is 9.47 Å². The van der Waals surface area contributed by atoms with E-state index < -0.39 is 12.2 Å². The molecule has 0 atom stereocenters. The lowest BCUT2D eigenvalue weighted by molar-refractivity contribution is 0.145. The lowest BCUT2D eigenvalue weighted by Gasteiger charge is -2.13. The van der Waals surface area contributed by atoms with Crippen molar-refractivity contribution in [3.05, 3.63) is 65.9 Å². The molecule has 3 rings (SSSR count). The molecule has 2 heterocycles. The highest BCUT2D eigenvalue weighted by atomic mass is 19.3. The molecule has 0 fully saturated rings. The summed E-state index contributed by atoms with van der Waals surface area (Å²) >= 11 is 0. The first-order valence-corrected chi connectivity index (χ1v) is 7.71. The van der Waals surface area contributed by atoms with E-state index in [-0.39, 0.29) is 17.3 Å². The van der Waals surface area contributed by atoms with E-state index in [2.05, 4.69) is 9.97 Å². The zero-order chi connectivity index (χ0) is 18.7. The minimum atomic E-state index is -2.65. The number of hydrogen-bond acceptors (Lipinski definition) is 4. The molecule has 0 saturated heterocycles. The molecule has 26 heavy (non-hydrogen) atoms. The maximum atomic E-state index is 13.4. The van der Waals surface area contributed by atoms with Crippen LogP contribution in [0.15, 0.2) is 48.8 Å². The van der Waals surface area contributed by atoms with Crippen molar-refractivity contribution >= 4 is 0 Å². The van der Waals surface area contributed by atoms with E-state index in [0.717, 1.165) is 0 Å². The fraction of sp³-hybridized carbons (Fsp3) is 0.158. The number of rotatable bonds is 5. The molecule has 0 bridgehead atoms. The Labute approximate surface area is 148 Å². The van der Waals surface area contributed by atoms with Crippen LogP contribution >= 0.6 is 0 Å². The standard InChI is InChI=1S/C19H15F3N2O2/c1-11-8-13(10-24-17(11)18(21)22)26-19-15(4-3-7-23-19)14-6-5-12(20)9-16(14)25-2/h3-10,18H,1-2H3. The van der Waals surface area contributed by atoms with Gasteiger partial charge in [-0.1, -0.05) is 0 Å². The molecule has 0 N–H and O–H groups in total. The van der Waals surface area contributed by atoms with E-state index in [0.29, 0.717) is 22.4 Å². The van der Waals surface area contributed by atoms with Gasteiger partial charge in [0.1, 0.15) is 23.0 Å². The topological polar surface area (TPSA) is 44.2 Å². The summed E-state index contributed by atoms with van der Waals surface area (Å²) in [6, 6.07) is 9.03. The summed E-state index contributed by atoms with van der Waals surface area (Å²) in [5, 5.41) is 0. The second-order valence-electron chi connectivity index (χ2n) is 5.48. The Morgan fingerprint density at radius 3 is 2.54 bits per heavy atom. The summed E-state index contributed by atoms with van der Waals surface area (Å²) in [5.41, 5.74) is 1.18. The molecule has 0 aliphatic rings. The Bertz CT molecular complexity index is 932. The lowest BCUT2D eigenvalue weighted by Crippen LogP contribution is -1.98. The lowest BCUT2D eigenvalue weighted by atomic mass is 10.1. The summed E-state index contributed by atoms with van der Waals surface area (Å²) < 4.78 is 50.1. The number of methoxy groups -OCH3 is 1. The first kappa shape index (κ1) is 17.7. The maximum Gasteiger partial charge on any atom is 0.280 e. The first-order chi connectivity index (χ1) is 12.5. The van der Waals surface area contributed by atoms with E-state index in [9.17, 15) is 13.2 Å². The van der Waals surface area contributed by atoms with Gasteiger partial charge in [0.05, 0.1) is 13.3 Å². The van der Waals surface area contributed by atoms with Gasteiger partial charge in [0, 0.05) is 23.4 Å². The SMILES string of the molecule is COc1cc(F)ccc1-c1cccnc1Oc1cnc(C(F)F)c(C)c1. The van der Waals surface area contributed by atoms with Crippen molar-refractivity contribution in [3.8, 4) is 28.5 Å². The van der Waals surface area contributed by atoms with Gasteiger partial charge in [0.2, 0.25) is 5.88 Å². The monoisotopic (exact) mass is 360 g/mol. The van der Waals surface area contributed by atoms with Crippen LogP contribution in [-0.2, 0) is 0 Å². The van der Waals surface area contributed by atoms with Crippen LogP contribution < -0.4 is 9.47 Å². The van der Waals surface area contributed by atoms with Crippen LogP contribution in [-0.4, -0.2) is 17.1 Å². The molecule has 3 aromatic rings. The minimum absolute atomic E-state index is 0.225. The highest BCUT2D eigenvalue weighted by molar-refractivity contribution is 5.74. The molecule has 0 aliphatic carbocycles. The second kappa shape index (κ2) is 7.43. The van der Waals surface area contributed by atoms with Crippen molar-refractivity contribution in [1.82, 2.24) is 9.97 Å². The van der Waals surface area contributed by atoms with Crippen LogP contribution in [0.5, 0.6) is 17.4 Å². The van der Waals surface area contributed by atoms with Crippen LogP contribution in [0, 0.1) is 12.7 Å². The van der Waals surface area contributed by atoms with Crippen molar-refractivity contribution in [2.45, 2.75) is 13.3 Å². The van der Waals surface area contributed by atoms with E-state index in [4.69, 9.17) is 9.47 Å². The maximum absolute atomic E-state index is 13.4. The molecule has 134 valence electrons. The Morgan fingerprint density at radius 2 is 1.85 bits per heavy atom. The van der Waals surface area contributed by atoms with Crippen LogP contribution in [0.1, 0.15) is 17.7 Å². The van der Waals surface area contributed by atoms with Crippen LogP contribution in [0.4, 0.5) is 13.2 Å². The molecule has 0 radical (unpaired) electrons. The number of aromatic nitrogens is 2. The number of pyridine rings is 2. The number of aryl methyl sites for hydroxylation is 1. The highest BCUT2D eigenvalue weighted by Crippen LogP contribution is 2.37. The summed E-state index contributed by atoms with van der Waals surface area (Å²) in [5.74, 6) is 0.390. The normalized spacial score (nSPS) is 10.8. The van der Waals surface area contributed by atoms with Gasteiger partial charge in [0.15, 0.2) is 0 Å². The highest BCUT2D eigenvalue weighted by Gasteiger charge is 2.16. The van der Waals surface area contributed by atoms with Gasteiger partial charge in [-0.05, 0) is 42.8 Å². The Kier molecular flexibility index (Phi) is 5.06. The largest absolute Gasteiger partial charge is 0.496 e. The van der Waals surface area contributed by atoms with Gasteiger partial charge in [0.25, 0.3) is 6.43 Å². The smallest absolute Gasteiger partial charge is 0.280 e. The molecule has 0 saturated carbocycles. The second-order valence-corrected chi connectivity index (χ2v) is 5.48. The molecule has 0 unspecified atom stereocenters. The van der Waals surface area contributed by atoms with Crippen molar-refractivity contribution in [3.63, 3.8) is 0 Å². The summed E-state index contributed by atoms with van der Waals surface area (Å²) in [4.78, 5) is 7.93. The fourth-order valence-corrected chi connectivity index (χ4v) is 2.52. The van der Waals surface area contributed by atoms with Crippen molar-refractivity contribution in [2.24, 2.45) is 0 Å². The molecule has 2 aromatic heterocycles. The summed E-state index contributed by atoms with van der Waals surface area (Å²) in [6.45, 7) is 1.53. The molecule has 0 spiro atoms. The predicted octanol–water partition coefficient (Wildman–Crippen LogP) is 5.33. The molecule has 1 aromatic carbocycles. The minimum Gasteiger partial charge on any atom is -0.496 e. The van der Waals surface area contributed by atoms with E-state index in [1.807, 2.05) is 0 Å². The van der Waals surface area contributed by atoms with Gasteiger partial charge in [-0.2, -0.15) is 0 Å². The van der Waals surface area contributed by atoms with E-state index in [1.54, 1.807) is 18.2 Å². The number of hydrogen-bond donors (Lipinski definition) is 0. The summed E-state index contributed by atoms with van der Waals surface area (Å²) in [6.07, 6.45) is 0.0928. The molecular formula is C19H15F3N2O2. The number of halogens is 3. The summed E-state index contributed by atoms with van der Waals surface area (Å²) in [7, 11) is 1.44. The molecular weight excluding hydrogens is 345 g/mol. The number of nitrogens with zero attached hydrogens (tertiary/aromatic N) is 2. The average molecular weight is 360 g/mol. The third-order valence-electron chi connectivity index (χ3n) is 3.74. The van der Waals surface area contributed by atoms with Crippen LogP contribution in [0.3, 0.4) is 0 Å².